The van der Waals surface area contributed by atoms with Gasteiger partial charge in [0.25, 0.3) is 0 Å². The Hall–Kier alpha value is -2.25. The van der Waals surface area contributed by atoms with E-state index < -0.39 is 0 Å². The van der Waals surface area contributed by atoms with Crippen molar-refractivity contribution < 1.29 is 4.74 Å². The second kappa shape index (κ2) is 4.94. The molecule has 0 saturated heterocycles. The minimum absolute atomic E-state index is 0.263. The van der Waals surface area contributed by atoms with Crippen LogP contribution in [0.4, 0.5) is 5.69 Å². The minimum Gasteiger partial charge on any atom is -0.437 e. The van der Waals surface area contributed by atoms with E-state index in [4.69, 9.17) is 27.3 Å². The Morgan fingerprint density at radius 2 is 2.17 bits per heavy atom. The molecule has 0 atom stereocenters. The first-order valence-electron chi connectivity index (χ1n) is 5.20. The lowest BCUT2D eigenvalue weighted by molar-refractivity contribution is 0.462. The number of hydrogen-bond acceptors (Lipinski definition) is 4. The topological polar surface area (TPSA) is 71.9 Å². The van der Waals surface area contributed by atoms with Crippen LogP contribution >= 0.6 is 11.6 Å². The molecule has 0 aliphatic carbocycles. The van der Waals surface area contributed by atoms with Gasteiger partial charge >= 0.3 is 0 Å². The van der Waals surface area contributed by atoms with E-state index in [9.17, 15) is 0 Å². The number of hydrogen-bond donors (Lipinski definition) is 1. The normalized spacial score (nSPS) is 9.83. The molecule has 1 aromatic carbocycles. The largest absolute Gasteiger partial charge is 0.437 e. The van der Waals surface area contributed by atoms with Gasteiger partial charge in [0.15, 0.2) is 0 Å². The molecule has 2 aromatic rings. The monoisotopic (exact) mass is 259 g/mol. The number of nitriles is 1. The van der Waals surface area contributed by atoms with Crippen molar-refractivity contribution in [3.63, 3.8) is 0 Å². The minimum atomic E-state index is 0.263. The van der Waals surface area contributed by atoms with Crippen molar-refractivity contribution in [3.05, 3.63) is 46.6 Å². The lowest BCUT2D eigenvalue weighted by Gasteiger charge is -2.09. The van der Waals surface area contributed by atoms with Crippen LogP contribution in [0.1, 0.15) is 11.1 Å². The van der Waals surface area contributed by atoms with Gasteiger partial charge in [-0.1, -0.05) is 17.7 Å². The Bertz CT molecular complexity index is 635. The molecule has 2 rings (SSSR count). The zero-order valence-corrected chi connectivity index (χ0v) is 10.4. The van der Waals surface area contributed by atoms with Gasteiger partial charge in [0.1, 0.15) is 11.8 Å². The number of halogens is 1. The lowest BCUT2D eigenvalue weighted by Crippen LogP contribution is -1.97. The van der Waals surface area contributed by atoms with E-state index in [0.717, 1.165) is 5.56 Å². The maximum Gasteiger partial charge on any atom is 0.242 e. The highest BCUT2D eigenvalue weighted by Gasteiger charge is 2.07. The molecule has 90 valence electrons. The van der Waals surface area contributed by atoms with Crippen molar-refractivity contribution in [1.29, 1.82) is 5.26 Å². The molecule has 5 heteroatoms. The first-order chi connectivity index (χ1) is 8.60. The van der Waals surface area contributed by atoms with Gasteiger partial charge < -0.3 is 10.5 Å². The first kappa shape index (κ1) is 12.2. The summed E-state index contributed by atoms with van der Waals surface area (Å²) in [6.07, 6.45) is 1.41. The number of nitrogen functional groups attached to an aromatic ring is 1. The molecule has 18 heavy (non-hydrogen) atoms. The summed E-state index contributed by atoms with van der Waals surface area (Å²) in [4.78, 5) is 4.00. The molecular weight excluding hydrogens is 250 g/mol. The number of aryl methyl sites for hydroxylation is 1. The molecule has 0 aliphatic rings. The van der Waals surface area contributed by atoms with Crippen LogP contribution in [0.15, 0.2) is 30.5 Å². The summed E-state index contributed by atoms with van der Waals surface area (Å²) in [6.45, 7) is 1.89. The maximum atomic E-state index is 8.72. The molecule has 0 bridgehead atoms. The van der Waals surface area contributed by atoms with Crippen molar-refractivity contribution >= 4 is 17.3 Å². The van der Waals surface area contributed by atoms with Crippen LogP contribution in [0, 0.1) is 18.3 Å². The van der Waals surface area contributed by atoms with E-state index in [0.29, 0.717) is 22.0 Å². The van der Waals surface area contributed by atoms with Crippen LogP contribution in [-0.4, -0.2) is 4.98 Å². The number of aromatic nitrogens is 1. The fraction of sp³-hybridized carbons (Fsp3) is 0.0769. The first-order valence-corrected chi connectivity index (χ1v) is 5.57. The molecule has 0 saturated carbocycles. The van der Waals surface area contributed by atoms with E-state index in [-0.39, 0.29) is 5.88 Å². The molecule has 0 unspecified atom stereocenters. The number of ether oxygens (including phenoxy) is 1. The molecule has 0 aliphatic heterocycles. The third kappa shape index (κ3) is 2.53. The summed E-state index contributed by atoms with van der Waals surface area (Å²) < 4.78 is 5.59. The Morgan fingerprint density at radius 1 is 1.39 bits per heavy atom. The number of rotatable bonds is 2. The number of nitrogens with zero attached hydrogens (tertiary/aromatic N) is 2. The number of anilines is 1. The van der Waals surface area contributed by atoms with Gasteiger partial charge in [0.05, 0.1) is 11.3 Å². The summed E-state index contributed by atoms with van der Waals surface area (Å²) in [5.41, 5.74) is 7.39. The molecule has 0 amide bonds. The summed E-state index contributed by atoms with van der Waals surface area (Å²) in [5.74, 6) is 0.853. The van der Waals surface area contributed by atoms with E-state index in [2.05, 4.69) is 4.98 Å². The number of nitrogens with two attached hydrogens (primary N) is 1. The highest BCUT2D eigenvalue weighted by molar-refractivity contribution is 6.30. The van der Waals surface area contributed by atoms with Crippen LogP contribution in [0.3, 0.4) is 0 Å². The summed E-state index contributed by atoms with van der Waals surface area (Å²) in [7, 11) is 0. The predicted molar refractivity (Wildman–Crippen MR) is 69.6 cm³/mol. The van der Waals surface area contributed by atoms with Gasteiger partial charge in [-0.25, -0.2) is 4.98 Å². The molecule has 1 aromatic heterocycles. The Balaban J connectivity index is 2.34. The number of pyridine rings is 1. The molecule has 1 heterocycles. The van der Waals surface area contributed by atoms with Crippen molar-refractivity contribution in [3.8, 4) is 17.7 Å². The van der Waals surface area contributed by atoms with E-state index >= 15 is 0 Å². The number of benzene rings is 1. The zero-order chi connectivity index (χ0) is 13.1. The molecular formula is C13H10ClN3O. The van der Waals surface area contributed by atoms with Crippen molar-refractivity contribution in [2.24, 2.45) is 0 Å². The van der Waals surface area contributed by atoms with Gasteiger partial charge in [-0.15, -0.1) is 0 Å². The van der Waals surface area contributed by atoms with Crippen LogP contribution < -0.4 is 10.5 Å². The van der Waals surface area contributed by atoms with Crippen LogP contribution in [0.25, 0.3) is 0 Å². The highest BCUT2D eigenvalue weighted by Crippen LogP contribution is 2.29. The SMILES string of the molecule is Cc1ccc(Cl)cc1Oc1ncc(C#N)cc1N. The van der Waals surface area contributed by atoms with Gasteiger partial charge in [-0.05, 0) is 30.7 Å². The van der Waals surface area contributed by atoms with Gasteiger partial charge in [0.2, 0.25) is 5.88 Å². The Labute approximate surface area is 110 Å². The predicted octanol–water partition coefficient (Wildman–Crippen LogP) is 3.29. The Kier molecular flexibility index (Phi) is 3.35. The Morgan fingerprint density at radius 3 is 2.83 bits per heavy atom. The maximum absolute atomic E-state index is 8.72. The van der Waals surface area contributed by atoms with Crippen molar-refractivity contribution in [2.45, 2.75) is 6.92 Å². The van der Waals surface area contributed by atoms with Gasteiger partial charge in [0, 0.05) is 11.2 Å². The van der Waals surface area contributed by atoms with Gasteiger partial charge in [-0.3, -0.25) is 0 Å². The van der Waals surface area contributed by atoms with E-state index in [1.54, 1.807) is 12.1 Å². The van der Waals surface area contributed by atoms with Gasteiger partial charge in [-0.2, -0.15) is 5.26 Å². The molecule has 2 N–H and O–H groups in total. The van der Waals surface area contributed by atoms with Crippen LogP contribution in [-0.2, 0) is 0 Å². The average molecular weight is 260 g/mol. The summed E-state index contributed by atoms with van der Waals surface area (Å²) in [6, 6.07) is 8.79. The van der Waals surface area contributed by atoms with Crippen molar-refractivity contribution in [2.75, 3.05) is 5.73 Å². The quantitative estimate of drug-likeness (QED) is 0.898. The fourth-order valence-corrected chi connectivity index (χ4v) is 1.57. The average Bonchev–Trinajstić information content (AvgIpc) is 2.36. The third-order valence-corrected chi connectivity index (χ3v) is 2.60. The molecule has 4 nitrogen and oxygen atoms in total. The third-order valence-electron chi connectivity index (χ3n) is 2.36. The standard InChI is InChI=1S/C13H10ClN3O/c1-8-2-3-10(14)5-12(8)18-13-11(16)4-9(6-15)7-17-13/h2-5,7H,16H2,1H3. The van der Waals surface area contributed by atoms with Crippen LogP contribution in [0.5, 0.6) is 11.6 Å². The van der Waals surface area contributed by atoms with E-state index in [1.165, 1.54) is 12.3 Å². The zero-order valence-electron chi connectivity index (χ0n) is 9.64. The highest BCUT2D eigenvalue weighted by atomic mass is 35.5. The van der Waals surface area contributed by atoms with Crippen LogP contribution in [0.2, 0.25) is 5.02 Å². The second-order valence-electron chi connectivity index (χ2n) is 3.74. The smallest absolute Gasteiger partial charge is 0.242 e. The molecule has 0 spiro atoms. The molecule has 0 fully saturated rings. The fourth-order valence-electron chi connectivity index (χ4n) is 1.40. The second-order valence-corrected chi connectivity index (χ2v) is 4.18. The summed E-state index contributed by atoms with van der Waals surface area (Å²) in [5, 5.41) is 9.29. The van der Waals surface area contributed by atoms with E-state index in [1.807, 2.05) is 19.1 Å². The molecule has 0 radical (unpaired) electrons. The summed E-state index contributed by atoms with van der Waals surface area (Å²) >= 11 is 5.90. The lowest BCUT2D eigenvalue weighted by atomic mass is 10.2. The van der Waals surface area contributed by atoms with Crippen molar-refractivity contribution in [1.82, 2.24) is 4.98 Å².